The first kappa shape index (κ1) is 13.7. The van der Waals surface area contributed by atoms with Gasteiger partial charge in [-0.2, -0.15) is 0 Å². The second kappa shape index (κ2) is 5.95. The lowest BCUT2D eigenvalue weighted by molar-refractivity contribution is 0.224. The first-order valence-corrected chi connectivity index (χ1v) is 6.04. The predicted molar refractivity (Wildman–Crippen MR) is 69.5 cm³/mol. The summed E-state index contributed by atoms with van der Waals surface area (Å²) in [6, 6.07) is 5.04. The van der Waals surface area contributed by atoms with Crippen LogP contribution in [0.4, 0.5) is 0 Å². The number of aryl methyl sites for hydroxylation is 1. The van der Waals surface area contributed by atoms with Gasteiger partial charge in [0.2, 0.25) is 0 Å². The van der Waals surface area contributed by atoms with Crippen molar-refractivity contribution in [2.45, 2.75) is 20.1 Å². The van der Waals surface area contributed by atoms with Crippen LogP contribution in [0.1, 0.15) is 17.0 Å². The van der Waals surface area contributed by atoms with E-state index in [0.717, 1.165) is 5.69 Å². The number of halogens is 1. The number of aromatic nitrogens is 1. The molecule has 0 amide bonds. The molecule has 1 heterocycles. The van der Waals surface area contributed by atoms with Gasteiger partial charge in [-0.15, -0.1) is 0 Å². The Kier molecular flexibility index (Phi) is 4.29. The molecule has 0 fully saturated rings. The van der Waals surface area contributed by atoms with E-state index in [1.807, 2.05) is 6.92 Å². The van der Waals surface area contributed by atoms with Crippen LogP contribution in [-0.4, -0.2) is 17.4 Å². The van der Waals surface area contributed by atoms with E-state index >= 15 is 0 Å². The Balaban J connectivity index is 2.23. The smallest absolute Gasteiger partial charge is 0.174 e. The third-order valence-electron chi connectivity index (χ3n) is 2.52. The molecular formula is C13H14ClNO4. The molecule has 0 spiro atoms. The van der Waals surface area contributed by atoms with Crippen LogP contribution in [0.2, 0.25) is 5.02 Å². The minimum Gasteiger partial charge on any atom is -0.493 e. The van der Waals surface area contributed by atoms with Gasteiger partial charge in [-0.05, 0) is 13.0 Å². The number of ether oxygens (including phenoxy) is 2. The Morgan fingerprint density at radius 2 is 2.16 bits per heavy atom. The van der Waals surface area contributed by atoms with E-state index in [1.54, 1.807) is 18.2 Å². The average molecular weight is 284 g/mol. The zero-order valence-corrected chi connectivity index (χ0v) is 11.4. The van der Waals surface area contributed by atoms with Gasteiger partial charge in [-0.3, -0.25) is 0 Å². The molecule has 0 saturated heterocycles. The van der Waals surface area contributed by atoms with E-state index in [-0.39, 0.29) is 13.2 Å². The molecule has 1 aromatic carbocycles. The van der Waals surface area contributed by atoms with Crippen molar-refractivity contribution in [1.29, 1.82) is 0 Å². The second-order valence-electron chi connectivity index (χ2n) is 3.98. The minimum atomic E-state index is -0.193. The highest BCUT2D eigenvalue weighted by Crippen LogP contribution is 2.35. The standard InChI is InChI=1S/C13H14ClNO4/c1-8-3-11(19-15-8)7-18-13-9(6-16)4-10(14)5-12(13)17-2/h3-5,16H,6-7H2,1-2H3. The van der Waals surface area contributed by atoms with Crippen LogP contribution in [-0.2, 0) is 13.2 Å². The normalized spacial score (nSPS) is 10.5. The number of benzene rings is 1. The van der Waals surface area contributed by atoms with Crippen LogP contribution in [0.5, 0.6) is 11.5 Å². The SMILES string of the molecule is COc1cc(Cl)cc(CO)c1OCc1cc(C)no1. The topological polar surface area (TPSA) is 64.7 Å². The highest BCUT2D eigenvalue weighted by molar-refractivity contribution is 6.30. The molecule has 0 bridgehead atoms. The van der Waals surface area contributed by atoms with Crippen molar-refractivity contribution >= 4 is 11.6 Å². The van der Waals surface area contributed by atoms with E-state index in [2.05, 4.69) is 5.16 Å². The van der Waals surface area contributed by atoms with E-state index < -0.39 is 0 Å². The first-order valence-electron chi connectivity index (χ1n) is 5.66. The largest absolute Gasteiger partial charge is 0.493 e. The quantitative estimate of drug-likeness (QED) is 0.914. The molecule has 6 heteroatoms. The number of methoxy groups -OCH3 is 1. The maximum atomic E-state index is 9.33. The number of hydrogen-bond acceptors (Lipinski definition) is 5. The third kappa shape index (κ3) is 3.19. The third-order valence-corrected chi connectivity index (χ3v) is 2.74. The van der Waals surface area contributed by atoms with Gasteiger partial charge in [0.05, 0.1) is 19.4 Å². The summed E-state index contributed by atoms with van der Waals surface area (Å²) in [6.07, 6.45) is 0. The lowest BCUT2D eigenvalue weighted by Gasteiger charge is -2.13. The molecule has 0 aliphatic rings. The molecule has 0 aliphatic heterocycles. The van der Waals surface area contributed by atoms with Gasteiger partial charge < -0.3 is 19.1 Å². The molecule has 19 heavy (non-hydrogen) atoms. The molecule has 0 aliphatic carbocycles. The Bertz CT molecular complexity index is 543. The zero-order valence-electron chi connectivity index (χ0n) is 10.6. The molecule has 2 rings (SSSR count). The van der Waals surface area contributed by atoms with E-state index in [9.17, 15) is 5.11 Å². The number of aliphatic hydroxyl groups excluding tert-OH is 1. The monoisotopic (exact) mass is 283 g/mol. The van der Waals surface area contributed by atoms with E-state index in [4.69, 9.17) is 25.6 Å². The predicted octanol–water partition coefficient (Wildman–Crippen LogP) is 2.72. The summed E-state index contributed by atoms with van der Waals surface area (Å²) in [7, 11) is 1.51. The van der Waals surface area contributed by atoms with Gasteiger partial charge in [0.25, 0.3) is 0 Å². The molecule has 0 unspecified atom stereocenters. The van der Waals surface area contributed by atoms with Gasteiger partial charge in [0.1, 0.15) is 6.61 Å². The van der Waals surface area contributed by atoms with E-state index in [1.165, 1.54) is 7.11 Å². The number of aliphatic hydroxyl groups is 1. The summed E-state index contributed by atoms with van der Waals surface area (Å²) in [6.45, 7) is 1.84. The Morgan fingerprint density at radius 1 is 1.37 bits per heavy atom. The minimum absolute atomic E-state index is 0.193. The highest BCUT2D eigenvalue weighted by atomic mass is 35.5. The number of nitrogens with zero attached hydrogens (tertiary/aromatic N) is 1. The Morgan fingerprint density at radius 3 is 2.74 bits per heavy atom. The van der Waals surface area contributed by atoms with Crippen molar-refractivity contribution in [2.75, 3.05) is 7.11 Å². The van der Waals surface area contributed by atoms with Gasteiger partial charge in [-0.1, -0.05) is 16.8 Å². The fourth-order valence-electron chi connectivity index (χ4n) is 1.68. The van der Waals surface area contributed by atoms with Crippen molar-refractivity contribution in [2.24, 2.45) is 0 Å². The highest BCUT2D eigenvalue weighted by Gasteiger charge is 2.13. The van der Waals surface area contributed by atoms with Gasteiger partial charge in [0, 0.05) is 22.7 Å². The molecule has 0 radical (unpaired) electrons. The summed E-state index contributed by atoms with van der Waals surface area (Å²) in [4.78, 5) is 0. The van der Waals surface area contributed by atoms with Gasteiger partial charge >= 0.3 is 0 Å². The summed E-state index contributed by atoms with van der Waals surface area (Å²) < 4.78 is 15.9. The lowest BCUT2D eigenvalue weighted by Crippen LogP contribution is -2.01. The molecular weight excluding hydrogens is 270 g/mol. The van der Waals surface area contributed by atoms with Crippen LogP contribution in [0.25, 0.3) is 0 Å². The average Bonchev–Trinajstić information content (AvgIpc) is 2.81. The number of rotatable bonds is 5. The Labute approximate surface area is 115 Å². The van der Waals surface area contributed by atoms with Crippen LogP contribution in [0, 0.1) is 6.92 Å². The summed E-state index contributed by atoms with van der Waals surface area (Å²) in [5.41, 5.74) is 1.34. The molecule has 102 valence electrons. The Hall–Kier alpha value is -1.72. The zero-order chi connectivity index (χ0) is 13.8. The van der Waals surface area contributed by atoms with E-state index in [0.29, 0.717) is 27.8 Å². The molecule has 2 aromatic rings. The summed E-state index contributed by atoms with van der Waals surface area (Å²) in [5, 5.41) is 13.6. The fraction of sp³-hybridized carbons (Fsp3) is 0.308. The van der Waals surface area contributed by atoms with Crippen molar-refractivity contribution in [3.63, 3.8) is 0 Å². The first-order chi connectivity index (χ1) is 9.13. The van der Waals surface area contributed by atoms with Crippen molar-refractivity contribution < 1.29 is 19.1 Å². The van der Waals surface area contributed by atoms with Crippen molar-refractivity contribution in [1.82, 2.24) is 5.16 Å². The molecule has 0 saturated carbocycles. The van der Waals surface area contributed by atoms with Gasteiger partial charge in [0.15, 0.2) is 17.3 Å². The van der Waals surface area contributed by atoms with Crippen molar-refractivity contribution in [3.05, 3.63) is 40.2 Å². The molecule has 0 atom stereocenters. The van der Waals surface area contributed by atoms with Crippen LogP contribution < -0.4 is 9.47 Å². The maximum Gasteiger partial charge on any atom is 0.174 e. The van der Waals surface area contributed by atoms with Gasteiger partial charge in [-0.25, -0.2) is 0 Å². The number of hydrogen-bond donors (Lipinski definition) is 1. The molecule has 1 N–H and O–H groups in total. The molecule has 1 aromatic heterocycles. The summed E-state index contributed by atoms with van der Waals surface area (Å²) in [5.74, 6) is 1.51. The van der Waals surface area contributed by atoms with Crippen LogP contribution in [0.15, 0.2) is 22.7 Å². The second-order valence-corrected chi connectivity index (χ2v) is 4.41. The lowest BCUT2D eigenvalue weighted by atomic mass is 10.2. The van der Waals surface area contributed by atoms with Crippen LogP contribution in [0.3, 0.4) is 0 Å². The fourth-order valence-corrected chi connectivity index (χ4v) is 1.91. The molecule has 5 nitrogen and oxygen atoms in total. The maximum absolute atomic E-state index is 9.33. The van der Waals surface area contributed by atoms with Crippen LogP contribution >= 0.6 is 11.6 Å². The summed E-state index contributed by atoms with van der Waals surface area (Å²) >= 11 is 5.92. The van der Waals surface area contributed by atoms with Crippen molar-refractivity contribution in [3.8, 4) is 11.5 Å².